The smallest absolute Gasteiger partial charge is 0.320 e. The van der Waals surface area contributed by atoms with Crippen molar-refractivity contribution in [2.45, 2.75) is 0 Å². The summed E-state index contributed by atoms with van der Waals surface area (Å²) in [4.78, 5) is 41.4. The molecule has 4 aromatic rings. The molecule has 0 unspecified atom stereocenters. The quantitative estimate of drug-likeness (QED) is 0.555. The van der Waals surface area contributed by atoms with Crippen molar-refractivity contribution in [3.05, 3.63) is 69.4 Å². The third-order valence-electron chi connectivity index (χ3n) is 4.55. The Balaban J connectivity index is 1.75. The van der Waals surface area contributed by atoms with Crippen molar-refractivity contribution >= 4 is 22.6 Å². The maximum absolute atomic E-state index is 12.8. The van der Waals surface area contributed by atoms with E-state index in [1.165, 1.54) is 37.1 Å². The number of aromatic nitrogens is 6. The molecule has 0 aromatic carbocycles. The van der Waals surface area contributed by atoms with Gasteiger partial charge in [-0.2, -0.15) is 5.10 Å². The second-order valence-corrected chi connectivity index (χ2v) is 6.35. The number of aryl methyl sites for hydroxylation is 2. The maximum atomic E-state index is 12.8. The highest BCUT2D eigenvalue weighted by Crippen LogP contribution is 2.17. The molecule has 1 N–H and O–H groups in total. The van der Waals surface area contributed by atoms with Crippen molar-refractivity contribution in [3.8, 4) is 5.82 Å². The van der Waals surface area contributed by atoms with E-state index in [-0.39, 0.29) is 16.9 Å². The minimum absolute atomic E-state index is 0.235. The molecule has 28 heavy (non-hydrogen) atoms. The first kappa shape index (κ1) is 17.5. The van der Waals surface area contributed by atoms with Crippen LogP contribution < -0.4 is 16.6 Å². The van der Waals surface area contributed by atoms with Crippen molar-refractivity contribution in [2.75, 3.05) is 5.32 Å². The molecule has 10 nitrogen and oxygen atoms in total. The van der Waals surface area contributed by atoms with E-state index in [0.717, 1.165) is 4.57 Å². The van der Waals surface area contributed by atoms with Crippen molar-refractivity contribution in [3.63, 3.8) is 0 Å². The molecule has 0 bridgehead atoms. The lowest BCUT2D eigenvalue weighted by Gasteiger charge is -2.10. The van der Waals surface area contributed by atoms with Crippen LogP contribution in [0.15, 0.2) is 52.6 Å². The van der Waals surface area contributed by atoms with E-state index in [4.69, 9.17) is 0 Å². The lowest BCUT2D eigenvalue weighted by Crippen LogP contribution is -2.37. The highest BCUT2D eigenvalue weighted by molar-refractivity contribution is 6.06. The zero-order valence-corrected chi connectivity index (χ0v) is 15.4. The van der Waals surface area contributed by atoms with Gasteiger partial charge in [-0.05, 0) is 18.2 Å². The number of pyridine rings is 1. The topological polar surface area (TPSA) is 109 Å². The van der Waals surface area contributed by atoms with Crippen LogP contribution in [0.4, 0.5) is 5.69 Å². The number of hydrogen-bond donors (Lipinski definition) is 1. The molecule has 0 fully saturated rings. The summed E-state index contributed by atoms with van der Waals surface area (Å²) in [7, 11) is 4.68. The summed E-state index contributed by atoms with van der Waals surface area (Å²) in [5.41, 5.74) is 0.0212. The van der Waals surface area contributed by atoms with Crippen LogP contribution in [0.5, 0.6) is 0 Å². The predicted molar refractivity (Wildman–Crippen MR) is 103 cm³/mol. The standard InChI is InChI=1S/C18H17N7O3/c1-22-14-12(17(27)23(2)18(22)28)8-11(9-19-14)21-15(26)13-10-20-24(3)16(13)25-6-4-5-7-25/h4-10H,1-3H3,(H,21,26). The van der Waals surface area contributed by atoms with Crippen LogP contribution in [0.3, 0.4) is 0 Å². The summed E-state index contributed by atoms with van der Waals surface area (Å²) >= 11 is 0. The Morgan fingerprint density at radius 2 is 1.75 bits per heavy atom. The van der Waals surface area contributed by atoms with Gasteiger partial charge in [0.2, 0.25) is 0 Å². The van der Waals surface area contributed by atoms with Gasteiger partial charge in [0.15, 0.2) is 0 Å². The Bertz CT molecular complexity index is 1330. The van der Waals surface area contributed by atoms with Gasteiger partial charge in [-0.15, -0.1) is 0 Å². The van der Waals surface area contributed by atoms with E-state index in [0.29, 0.717) is 17.1 Å². The maximum Gasteiger partial charge on any atom is 0.332 e. The lowest BCUT2D eigenvalue weighted by molar-refractivity contribution is 0.102. The zero-order chi connectivity index (χ0) is 20.0. The van der Waals surface area contributed by atoms with Gasteiger partial charge in [-0.1, -0.05) is 0 Å². The molecular weight excluding hydrogens is 362 g/mol. The molecule has 0 spiro atoms. The first-order valence-corrected chi connectivity index (χ1v) is 8.41. The second kappa shape index (κ2) is 6.34. The van der Waals surface area contributed by atoms with Crippen LogP contribution in [0, 0.1) is 0 Å². The molecule has 10 heteroatoms. The fraction of sp³-hybridized carbons (Fsp3) is 0.167. The number of nitrogens with one attached hydrogen (secondary N) is 1. The van der Waals surface area contributed by atoms with Crippen molar-refractivity contribution in [1.82, 2.24) is 28.5 Å². The molecule has 4 rings (SSSR count). The van der Waals surface area contributed by atoms with Crippen molar-refractivity contribution < 1.29 is 4.79 Å². The summed E-state index contributed by atoms with van der Waals surface area (Å²) in [6.45, 7) is 0. The van der Waals surface area contributed by atoms with Crippen LogP contribution in [-0.2, 0) is 21.1 Å². The van der Waals surface area contributed by atoms with Gasteiger partial charge in [-0.3, -0.25) is 23.4 Å². The summed E-state index contributed by atoms with van der Waals surface area (Å²) in [6, 6.07) is 5.21. The highest BCUT2D eigenvalue weighted by Gasteiger charge is 2.18. The van der Waals surface area contributed by atoms with Gasteiger partial charge in [0.25, 0.3) is 11.5 Å². The Morgan fingerprint density at radius 3 is 2.46 bits per heavy atom. The molecule has 0 saturated heterocycles. The number of hydrogen-bond acceptors (Lipinski definition) is 5. The van der Waals surface area contributed by atoms with E-state index in [1.54, 1.807) is 16.3 Å². The molecule has 0 saturated carbocycles. The van der Waals surface area contributed by atoms with Crippen molar-refractivity contribution in [1.29, 1.82) is 0 Å². The van der Waals surface area contributed by atoms with Gasteiger partial charge in [0.05, 0.1) is 23.5 Å². The Labute approximate surface area is 158 Å². The normalized spacial score (nSPS) is 11.1. The SMILES string of the molecule is Cn1ncc(C(=O)Nc2cnc3c(c2)c(=O)n(C)c(=O)n3C)c1-n1cccc1. The monoisotopic (exact) mass is 379 g/mol. The van der Waals surface area contributed by atoms with E-state index in [2.05, 4.69) is 15.4 Å². The van der Waals surface area contributed by atoms with Gasteiger partial charge in [-0.25, -0.2) is 9.78 Å². The summed E-state index contributed by atoms with van der Waals surface area (Å²) in [5.74, 6) is 0.217. The first-order valence-electron chi connectivity index (χ1n) is 8.41. The molecule has 0 radical (unpaired) electrons. The summed E-state index contributed by atoms with van der Waals surface area (Å²) < 4.78 is 5.67. The van der Waals surface area contributed by atoms with Gasteiger partial charge in [0.1, 0.15) is 17.0 Å². The Hall–Kier alpha value is -3.95. The van der Waals surface area contributed by atoms with Gasteiger partial charge in [0, 0.05) is 33.5 Å². The molecule has 4 heterocycles. The molecule has 0 aliphatic carbocycles. The summed E-state index contributed by atoms with van der Waals surface area (Å²) in [5, 5.41) is 7.14. The fourth-order valence-electron chi connectivity index (χ4n) is 3.11. The van der Waals surface area contributed by atoms with E-state index in [9.17, 15) is 14.4 Å². The van der Waals surface area contributed by atoms with E-state index >= 15 is 0 Å². The number of rotatable bonds is 3. The number of anilines is 1. The number of amides is 1. The highest BCUT2D eigenvalue weighted by atomic mass is 16.2. The third kappa shape index (κ3) is 2.62. The molecule has 142 valence electrons. The van der Waals surface area contributed by atoms with Crippen LogP contribution in [0.2, 0.25) is 0 Å². The largest absolute Gasteiger partial charge is 0.332 e. The number of carbonyl (C=O) groups is 1. The average molecular weight is 379 g/mol. The van der Waals surface area contributed by atoms with Crippen molar-refractivity contribution in [2.24, 2.45) is 21.1 Å². The van der Waals surface area contributed by atoms with E-state index < -0.39 is 11.2 Å². The number of nitrogens with zero attached hydrogens (tertiary/aromatic N) is 6. The molecular formula is C18H17N7O3. The van der Waals surface area contributed by atoms with Crippen LogP contribution in [0.1, 0.15) is 10.4 Å². The zero-order valence-electron chi connectivity index (χ0n) is 15.4. The molecule has 0 atom stereocenters. The number of carbonyl (C=O) groups excluding carboxylic acids is 1. The summed E-state index contributed by atoms with van der Waals surface area (Å²) in [6.07, 6.45) is 6.51. The van der Waals surface area contributed by atoms with E-state index in [1.807, 2.05) is 24.5 Å². The minimum Gasteiger partial charge on any atom is -0.320 e. The molecule has 1 amide bonds. The van der Waals surface area contributed by atoms with Crippen LogP contribution in [0.25, 0.3) is 16.9 Å². The first-order chi connectivity index (χ1) is 13.4. The van der Waals surface area contributed by atoms with Crippen LogP contribution >= 0.6 is 0 Å². The lowest BCUT2D eigenvalue weighted by atomic mass is 10.2. The fourth-order valence-corrected chi connectivity index (χ4v) is 3.11. The molecule has 0 aliphatic rings. The molecule has 4 aromatic heterocycles. The predicted octanol–water partition coefficient (Wildman–Crippen LogP) is 0.409. The minimum atomic E-state index is -0.476. The average Bonchev–Trinajstić information content (AvgIpc) is 3.33. The molecule has 0 aliphatic heterocycles. The second-order valence-electron chi connectivity index (χ2n) is 6.35. The Morgan fingerprint density at radius 1 is 1.04 bits per heavy atom. The van der Waals surface area contributed by atoms with Crippen LogP contribution in [-0.4, -0.2) is 34.4 Å². The van der Waals surface area contributed by atoms with Gasteiger partial charge >= 0.3 is 5.69 Å². The van der Waals surface area contributed by atoms with Gasteiger partial charge < -0.3 is 9.88 Å². The Kier molecular flexibility index (Phi) is 3.95. The third-order valence-corrected chi connectivity index (χ3v) is 4.55. The number of fused-ring (bicyclic) bond motifs is 1.